The van der Waals surface area contributed by atoms with E-state index in [-0.39, 0.29) is 30.2 Å². The summed E-state index contributed by atoms with van der Waals surface area (Å²) in [5.41, 5.74) is 1.70. The maximum Gasteiger partial charge on any atom is 0.334 e. The molecular weight excluding hydrogens is 469 g/mol. The van der Waals surface area contributed by atoms with Gasteiger partial charge in [-0.1, -0.05) is 18.2 Å². The van der Waals surface area contributed by atoms with Crippen molar-refractivity contribution < 1.29 is 28.6 Å². The number of phenolic OH excluding ortho intramolecular Hbond substituents is 1. The summed E-state index contributed by atoms with van der Waals surface area (Å²) in [5.74, 6) is -0.955. The van der Waals surface area contributed by atoms with Gasteiger partial charge in [-0.25, -0.2) is 9.18 Å². The average Bonchev–Trinajstić information content (AvgIpc) is 2.74. The topological polar surface area (TPSA) is 84.9 Å². The smallest absolute Gasteiger partial charge is 0.334 e. The number of carbonyl (C=O) groups is 2. The third-order valence-corrected chi connectivity index (χ3v) is 5.48. The summed E-state index contributed by atoms with van der Waals surface area (Å²) >= 11 is 3.19. The van der Waals surface area contributed by atoms with E-state index in [1.807, 2.05) is 6.08 Å². The molecule has 3 rings (SSSR count). The van der Waals surface area contributed by atoms with Crippen molar-refractivity contribution in [3.05, 3.63) is 75.5 Å². The lowest BCUT2D eigenvalue weighted by atomic mass is 10.0. The number of hydrogen-bond donors (Lipinski definition) is 2. The number of nitrogens with one attached hydrogen (secondary N) is 1. The highest BCUT2D eigenvalue weighted by atomic mass is 79.9. The Balaban J connectivity index is 1.48. The van der Waals surface area contributed by atoms with Crippen molar-refractivity contribution >= 4 is 27.8 Å². The lowest BCUT2D eigenvalue weighted by Crippen LogP contribution is -2.34. The molecule has 0 aromatic heterocycles. The molecule has 0 saturated heterocycles. The van der Waals surface area contributed by atoms with Crippen LogP contribution >= 0.6 is 15.9 Å². The third kappa shape index (κ3) is 6.90. The van der Waals surface area contributed by atoms with Gasteiger partial charge in [-0.05, 0) is 71.1 Å². The summed E-state index contributed by atoms with van der Waals surface area (Å²) in [4.78, 5) is 24.8. The molecular formula is C23H23BrFNO5. The second kappa shape index (κ2) is 11.1. The number of rotatable bonds is 6. The van der Waals surface area contributed by atoms with Crippen molar-refractivity contribution in [3.8, 4) is 5.75 Å². The molecule has 1 unspecified atom stereocenters. The van der Waals surface area contributed by atoms with Crippen LogP contribution in [-0.4, -0.2) is 36.2 Å². The van der Waals surface area contributed by atoms with Gasteiger partial charge in [-0.2, -0.15) is 0 Å². The zero-order valence-electron chi connectivity index (χ0n) is 16.8. The highest BCUT2D eigenvalue weighted by Gasteiger charge is 2.19. The Labute approximate surface area is 188 Å². The van der Waals surface area contributed by atoms with Gasteiger partial charge in [0.05, 0.1) is 17.2 Å². The van der Waals surface area contributed by atoms with Gasteiger partial charge in [0.25, 0.3) is 5.91 Å². The molecule has 1 amide bonds. The molecule has 31 heavy (non-hydrogen) atoms. The fourth-order valence-corrected chi connectivity index (χ4v) is 3.47. The van der Waals surface area contributed by atoms with Gasteiger partial charge in [-0.3, -0.25) is 4.79 Å². The molecule has 2 aromatic carbocycles. The summed E-state index contributed by atoms with van der Waals surface area (Å²) in [6, 6.07) is 10.3. The first-order valence-electron chi connectivity index (χ1n) is 9.91. The van der Waals surface area contributed by atoms with Crippen molar-refractivity contribution in [2.45, 2.75) is 32.0 Å². The number of aromatic hydroxyl groups is 1. The molecule has 0 radical (unpaired) electrons. The van der Waals surface area contributed by atoms with Crippen LogP contribution in [0.25, 0.3) is 0 Å². The van der Waals surface area contributed by atoms with Crippen molar-refractivity contribution in [2.24, 2.45) is 0 Å². The Morgan fingerprint density at radius 2 is 2.00 bits per heavy atom. The van der Waals surface area contributed by atoms with Crippen molar-refractivity contribution in [3.63, 3.8) is 0 Å². The average molecular weight is 492 g/mol. The minimum absolute atomic E-state index is 0.0607. The van der Waals surface area contributed by atoms with E-state index in [0.29, 0.717) is 53.6 Å². The molecule has 2 aromatic rings. The Kier molecular flexibility index (Phi) is 8.20. The van der Waals surface area contributed by atoms with Gasteiger partial charge in [0.2, 0.25) is 0 Å². The second-order valence-electron chi connectivity index (χ2n) is 7.13. The maximum atomic E-state index is 13.0. The quantitative estimate of drug-likeness (QED) is 0.589. The summed E-state index contributed by atoms with van der Waals surface area (Å²) < 4.78 is 24.5. The first-order chi connectivity index (χ1) is 14.9. The van der Waals surface area contributed by atoms with Gasteiger partial charge < -0.3 is 19.9 Å². The standard InChI is InChI=1S/C23H23BrFNO5/c24-20-12-17(6-10-21(20)27)22(28)26-13-19-9-5-16(2-1-11-30-19)23(29)31-14-15-3-7-18(25)8-4-15/h2-4,6-8,10,12,19,27H,1,5,9,11,13-14H2,(H,26,28)/b16-2-. The van der Waals surface area contributed by atoms with Gasteiger partial charge in [-0.15, -0.1) is 0 Å². The molecule has 2 N–H and O–H groups in total. The number of carbonyl (C=O) groups excluding carboxylic acids is 2. The number of hydrogen-bond acceptors (Lipinski definition) is 5. The Morgan fingerprint density at radius 3 is 2.74 bits per heavy atom. The molecule has 1 atom stereocenters. The van der Waals surface area contributed by atoms with Crippen molar-refractivity contribution in [1.82, 2.24) is 5.32 Å². The van der Waals surface area contributed by atoms with Crippen LogP contribution in [0.15, 0.2) is 58.6 Å². The molecule has 0 aliphatic carbocycles. The number of benzene rings is 2. The van der Waals surface area contributed by atoms with E-state index in [2.05, 4.69) is 21.2 Å². The van der Waals surface area contributed by atoms with Gasteiger partial charge in [0.15, 0.2) is 0 Å². The lowest BCUT2D eigenvalue weighted by molar-refractivity contribution is -0.140. The zero-order valence-corrected chi connectivity index (χ0v) is 18.4. The van der Waals surface area contributed by atoms with Gasteiger partial charge in [0.1, 0.15) is 18.2 Å². The summed E-state index contributed by atoms with van der Waals surface area (Å²) in [6.45, 7) is 0.809. The first kappa shape index (κ1) is 23.0. The highest BCUT2D eigenvalue weighted by molar-refractivity contribution is 9.10. The molecule has 1 aliphatic heterocycles. The van der Waals surface area contributed by atoms with E-state index in [9.17, 15) is 19.1 Å². The normalized spacial score (nSPS) is 18.3. The summed E-state index contributed by atoms with van der Waals surface area (Å²) in [6.07, 6.45) is 3.16. The van der Waals surface area contributed by atoms with Crippen LogP contribution in [0.3, 0.4) is 0 Å². The molecule has 0 fully saturated rings. The zero-order chi connectivity index (χ0) is 22.2. The number of phenols is 1. The van der Waals surface area contributed by atoms with Crippen LogP contribution in [0, 0.1) is 5.82 Å². The number of esters is 1. The molecule has 8 heteroatoms. The predicted octanol–water partition coefficient (Wildman–Crippen LogP) is 4.26. The maximum absolute atomic E-state index is 13.0. The Morgan fingerprint density at radius 1 is 1.23 bits per heavy atom. The van der Waals surface area contributed by atoms with Crippen LogP contribution in [0.4, 0.5) is 4.39 Å². The Hall–Kier alpha value is -2.71. The SMILES string of the molecule is O=C(OCc1ccc(F)cc1)/C1=C\CCOC(CNC(=O)c2ccc(O)c(Br)c2)CC1. The van der Waals surface area contributed by atoms with Crippen LogP contribution in [-0.2, 0) is 20.9 Å². The van der Waals surface area contributed by atoms with Gasteiger partial charge in [0, 0.05) is 17.7 Å². The number of amides is 1. The molecule has 0 bridgehead atoms. The van der Waals surface area contributed by atoms with Gasteiger partial charge >= 0.3 is 5.97 Å². The second-order valence-corrected chi connectivity index (χ2v) is 7.98. The number of ether oxygens (including phenoxy) is 2. The summed E-state index contributed by atoms with van der Waals surface area (Å²) in [5, 5.41) is 12.4. The number of halogens is 2. The molecule has 0 spiro atoms. The molecule has 6 nitrogen and oxygen atoms in total. The fraction of sp³-hybridized carbons (Fsp3) is 0.304. The highest BCUT2D eigenvalue weighted by Crippen LogP contribution is 2.24. The Bertz CT molecular complexity index is 961. The van der Waals surface area contributed by atoms with Crippen LogP contribution in [0.2, 0.25) is 0 Å². The largest absolute Gasteiger partial charge is 0.507 e. The van der Waals surface area contributed by atoms with E-state index >= 15 is 0 Å². The van der Waals surface area contributed by atoms with Crippen LogP contribution < -0.4 is 5.32 Å². The monoisotopic (exact) mass is 491 g/mol. The van der Waals surface area contributed by atoms with E-state index < -0.39 is 5.97 Å². The van der Waals surface area contributed by atoms with E-state index in [4.69, 9.17) is 9.47 Å². The molecule has 0 saturated carbocycles. The van der Waals surface area contributed by atoms with Crippen LogP contribution in [0.1, 0.15) is 35.2 Å². The molecule has 1 aliphatic rings. The van der Waals surface area contributed by atoms with Crippen molar-refractivity contribution in [1.29, 1.82) is 0 Å². The van der Waals surface area contributed by atoms with E-state index in [0.717, 1.165) is 0 Å². The minimum atomic E-state index is -0.400. The molecule has 164 valence electrons. The minimum Gasteiger partial charge on any atom is -0.507 e. The lowest BCUT2D eigenvalue weighted by Gasteiger charge is -2.21. The fourth-order valence-electron chi connectivity index (χ4n) is 3.10. The predicted molar refractivity (Wildman–Crippen MR) is 116 cm³/mol. The first-order valence-corrected chi connectivity index (χ1v) is 10.7. The summed E-state index contributed by atoms with van der Waals surface area (Å²) in [7, 11) is 0. The van der Waals surface area contributed by atoms with E-state index in [1.165, 1.54) is 24.3 Å². The van der Waals surface area contributed by atoms with Crippen LogP contribution in [0.5, 0.6) is 5.75 Å². The molecule has 1 heterocycles. The van der Waals surface area contributed by atoms with Crippen molar-refractivity contribution in [2.75, 3.05) is 13.2 Å². The third-order valence-electron chi connectivity index (χ3n) is 4.84. The van der Waals surface area contributed by atoms with E-state index in [1.54, 1.807) is 18.2 Å².